The van der Waals surface area contributed by atoms with Crippen molar-refractivity contribution in [1.82, 2.24) is 9.97 Å². The monoisotopic (exact) mass is 502 g/mol. The molecule has 0 aliphatic carbocycles. The molecule has 0 saturated carbocycles. The van der Waals surface area contributed by atoms with E-state index >= 15 is 0 Å². The topological polar surface area (TPSA) is 164 Å². The summed E-state index contributed by atoms with van der Waals surface area (Å²) >= 11 is 1.02. The zero-order valence-electron chi connectivity index (χ0n) is 18.1. The number of hydrogen-bond acceptors (Lipinski definition) is 9. The van der Waals surface area contributed by atoms with E-state index in [0.717, 1.165) is 16.2 Å². The summed E-state index contributed by atoms with van der Waals surface area (Å²) in [7, 11) is 0. The quantitative estimate of drug-likeness (QED) is 0.135. The number of nitro groups is 1. The highest BCUT2D eigenvalue weighted by Gasteiger charge is 2.48. The van der Waals surface area contributed by atoms with Gasteiger partial charge in [0.15, 0.2) is 5.13 Å². The largest absolute Gasteiger partial charge is 0.507 e. The molecule has 3 heterocycles. The van der Waals surface area contributed by atoms with Crippen molar-refractivity contribution in [2.24, 2.45) is 0 Å². The van der Waals surface area contributed by atoms with Crippen molar-refractivity contribution in [2.45, 2.75) is 6.04 Å². The van der Waals surface area contributed by atoms with Crippen molar-refractivity contribution >= 4 is 55.8 Å². The van der Waals surface area contributed by atoms with Crippen LogP contribution in [-0.4, -0.2) is 42.8 Å². The number of aromatic carboxylic acids is 1. The second-order valence-electron chi connectivity index (χ2n) is 7.71. The molecule has 1 saturated heterocycles. The van der Waals surface area contributed by atoms with Gasteiger partial charge in [-0.05, 0) is 42.5 Å². The number of aliphatic hydroxyl groups is 1. The van der Waals surface area contributed by atoms with Crippen LogP contribution in [0.2, 0.25) is 0 Å². The highest BCUT2D eigenvalue weighted by molar-refractivity contribution is 7.22. The first-order valence-corrected chi connectivity index (χ1v) is 11.2. The van der Waals surface area contributed by atoms with Crippen LogP contribution in [0.25, 0.3) is 16.0 Å². The number of ketones is 1. The van der Waals surface area contributed by atoms with Gasteiger partial charge in [0.05, 0.1) is 32.0 Å². The molecule has 1 amide bonds. The number of carboxylic acid groups (broad SMARTS) is 1. The Kier molecular flexibility index (Phi) is 5.49. The minimum atomic E-state index is -1.14. The minimum absolute atomic E-state index is 0.0409. The first-order valence-electron chi connectivity index (χ1n) is 10.4. The molecule has 5 rings (SSSR count). The average molecular weight is 502 g/mol. The summed E-state index contributed by atoms with van der Waals surface area (Å²) < 4.78 is 0.488. The van der Waals surface area contributed by atoms with Gasteiger partial charge in [-0.1, -0.05) is 17.4 Å². The first kappa shape index (κ1) is 22.8. The van der Waals surface area contributed by atoms with E-state index in [1.54, 1.807) is 18.2 Å². The Morgan fingerprint density at radius 3 is 2.39 bits per heavy atom. The third-order valence-corrected chi connectivity index (χ3v) is 6.61. The number of pyridine rings is 1. The zero-order valence-corrected chi connectivity index (χ0v) is 18.9. The maximum Gasteiger partial charge on any atom is 0.335 e. The van der Waals surface area contributed by atoms with Gasteiger partial charge >= 0.3 is 11.9 Å². The molecule has 1 fully saturated rings. The number of anilines is 1. The number of carbonyl (C=O) groups excluding carboxylic acids is 2. The Bertz CT molecular complexity index is 1600. The summed E-state index contributed by atoms with van der Waals surface area (Å²) in [5, 5.41) is 31.4. The highest BCUT2D eigenvalue weighted by Crippen LogP contribution is 2.43. The summed E-state index contributed by atoms with van der Waals surface area (Å²) in [5.41, 5.74) is 0.401. The molecule has 1 aliphatic rings. The van der Waals surface area contributed by atoms with Crippen LogP contribution in [0.4, 0.5) is 10.8 Å². The summed E-state index contributed by atoms with van der Waals surface area (Å²) in [6.45, 7) is 0. The van der Waals surface area contributed by atoms with Crippen LogP contribution in [-0.2, 0) is 9.59 Å². The van der Waals surface area contributed by atoms with Crippen molar-refractivity contribution < 1.29 is 29.5 Å². The number of nitrogens with zero attached hydrogens (tertiary/aromatic N) is 4. The standard InChI is InChI=1S/C24H14N4O7S/c29-20(12-4-7-14(8-5-12)28(34)35)18-19(16-3-1-2-10-25-16)27(22(31)21(18)30)24-26-15-9-6-13(23(32)33)11-17(15)36-24/h1-11,19,29H,(H,32,33)/b20-18+. The smallest absolute Gasteiger partial charge is 0.335 e. The van der Waals surface area contributed by atoms with E-state index in [-0.39, 0.29) is 33.2 Å². The molecule has 1 unspecified atom stereocenters. The Morgan fingerprint density at radius 1 is 1.03 bits per heavy atom. The number of aliphatic hydroxyl groups excluding tert-OH is 1. The maximum absolute atomic E-state index is 13.2. The van der Waals surface area contributed by atoms with Crippen LogP contribution in [0.15, 0.2) is 72.4 Å². The van der Waals surface area contributed by atoms with Crippen LogP contribution >= 0.6 is 11.3 Å². The second-order valence-corrected chi connectivity index (χ2v) is 8.72. The zero-order chi connectivity index (χ0) is 25.6. The van der Waals surface area contributed by atoms with Crippen LogP contribution in [0, 0.1) is 10.1 Å². The maximum atomic E-state index is 13.2. The lowest BCUT2D eigenvalue weighted by atomic mass is 9.98. The molecule has 4 aromatic rings. The van der Waals surface area contributed by atoms with Crippen molar-refractivity contribution in [2.75, 3.05) is 4.90 Å². The van der Waals surface area contributed by atoms with E-state index in [2.05, 4.69) is 9.97 Å². The van der Waals surface area contributed by atoms with E-state index in [4.69, 9.17) is 0 Å². The van der Waals surface area contributed by atoms with E-state index < -0.39 is 34.4 Å². The summed E-state index contributed by atoms with van der Waals surface area (Å²) in [6, 6.07) is 13.0. The normalized spacial score (nSPS) is 17.0. The lowest BCUT2D eigenvalue weighted by Gasteiger charge is -2.21. The summed E-state index contributed by atoms with van der Waals surface area (Å²) in [5.74, 6) is -3.57. The van der Waals surface area contributed by atoms with E-state index in [1.165, 1.54) is 48.7 Å². The predicted molar refractivity (Wildman–Crippen MR) is 129 cm³/mol. The molecule has 0 spiro atoms. The molecule has 178 valence electrons. The number of carbonyl (C=O) groups is 3. The molecule has 2 N–H and O–H groups in total. The molecule has 12 heteroatoms. The number of rotatable bonds is 5. The van der Waals surface area contributed by atoms with Crippen LogP contribution in [0.5, 0.6) is 0 Å². The van der Waals surface area contributed by atoms with Gasteiger partial charge in [-0.15, -0.1) is 0 Å². The van der Waals surface area contributed by atoms with Gasteiger partial charge in [0.25, 0.3) is 11.5 Å². The number of thiazole rings is 1. The number of aromatic nitrogens is 2. The van der Waals surface area contributed by atoms with Gasteiger partial charge in [0, 0.05) is 23.9 Å². The van der Waals surface area contributed by atoms with Crippen molar-refractivity contribution in [3.05, 3.63) is 99.4 Å². The second kappa shape index (κ2) is 8.67. The highest BCUT2D eigenvalue weighted by atomic mass is 32.1. The number of non-ortho nitro benzene ring substituents is 1. The number of Topliss-reactive ketones (excluding diaryl/α,β-unsaturated/α-hetero) is 1. The van der Waals surface area contributed by atoms with Gasteiger partial charge in [-0.3, -0.25) is 29.6 Å². The molecular formula is C24H14N4O7S. The molecule has 36 heavy (non-hydrogen) atoms. The number of benzene rings is 2. The Balaban J connectivity index is 1.68. The molecule has 0 bridgehead atoms. The SMILES string of the molecule is O=C1C(=O)N(c2nc3ccc(C(=O)O)cc3s2)C(c2ccccn2)/C1=C(\O)c1ccc([N+](=O)[O-])cc1. The number of amides is 1. The molecule has 1 aliphatic heterocycles. The summed E-state index contributed by atoms with van der Waals surface area (Å²) in [6.07, 6.45) is 1.47. The van der Waals surface area contributed by atoms with E-state index in [9.17, 15) is 34.7 Å². The number of fused-ring (bicyclic) bond motifs is 1. The summed E-state index contributed by atoms with van der Waals surface area (Å²) in [4.78, 5) is 57.9. The fourth-order valence-electron chi connectivity index (χ4n) is 3.89. The van der Waals surface area contributed by atoms with Gasteiger partial charge in [0.1, 0.15) is 11.8 Å². The van der Waals surface area contributed by atoms with Crippen LogP contribution < -0.4 is 4.90 Å². The number of hydrogen-bond donors (Lipinski definition) is 2. The third-order valence-electron chi connectivity index (χ3n) is 5.59. The van der Waals surface area contributed by atoms with Crippen molar-refractivity contribution in [3.63, 3.8) is 0 Å². The Hall–Kier alpha value is -4.97. The van der Waals surface area contributed by atoms with E-state index in [0.29, 0.717) is 10.2 Å². The van der Waals surface area contributed by atoms with Crippen molar-refractivity contribution in [3.8, 4) is 0 Å². The van der Waals surface area contributed by atoms with Gasteiger partial charge in [-0.25, -0.2) is 9.78 Å². The lowest BCUT2D eigenvalue weighted by molar-refractivity contribution is -0.384. The van der Waals surface area contributed by atoms with Crippen LogP contribution in [0.1, 0.15) is 27.7 Å². The molecule has 2 aromatic carbocycles. The molecular weight excluding hydrogens is 488 g/mol. The fourth-order valence-corrected chi connectivity index (χ4v) is 4.92. The van der Waals surface area contributed by atoms with Crippen molar-refractivity contribution in [1.29, 1.82) is 0 Å². The minimum Gasteiger partial charge on any atom is -0.507 e. The van der Waals surface area contributed by atoms with Gasteiger partial charge in [0.2, 0.25) is 0 Å². The average Bonchev–Trinajstić information content (AvgIpc) is 3.41. The fraction of sp³-hybridized carbons (Fsp3) is 0.0417. The van der Waals surface area contributed by atoms with Gasteiger partial charge in [-0.2, -0.15) is 0 Å². The van der Waals surface area contributed by atoms with Crippen LogP contribution in [0.3, 0.4) is 0 Å². The lowest BCUT2D eigenvalue weighted by Crippen LogP contribution is -2.29. The van der Waals surface area contributed by atoms with Gasteiger partial charge < -0.3 is 10.2 Å². The molecule has 2 aromatic heterocycles. The predicted octanol–water partition coefficient (Wildman–Crippen LogP) is 3.92. The molecule has 0 radical (unpaired) electrons. The first-order chi connectivity index (χ1) is 17.3. The number of carboxylic acids is 1. The third kappa shape index (κ3) is 3.75. The Labute approximate surface area is 205 Å². The molecule has 11 nitrogen and oxygen atoms in total. The number of nitro benzene ring substituents is 1. The Morgan fingerprint density at radius 2 is 1.75 bits per heavy atom. The molecule has 1 atom stereocenters. The van der Waals surface area contributed by atoms with E-state index in [1.807, 2.05) is 0 Å².